The monoisotopic (exact) mass is 202 g/mol. The highest BCUT2D eigenvalue weighted by atomic mass is 32.1. The Morgan fingerprint density at radius 2 is 2.00 bits per heavy atom. The zero-order valence-electron chi connectivity index (χ0n) is 7.66. The van der Waals surface area contributed by atoms with Crippen LogP contribution in [0.5, 0.6) is 0 Å². The van der Waals surface area contributed by atoms with Crippen molar-refractivity contribution >= 4 is 17.3 Å². The van der Waals surface area contributed by atoms with Crippen molar-refractivity contribution in [3.05, 3.63) is 0 Å². The minimum Gasteiger partial charge on any atom is -0.376 e. The summed E-state index contributed by atoms with van der Waals surface area (Å²) in [6.45, 7) is 3.07. The minimum absolute atomic E-state index is 0.193. The van der Waals surface area contributed by atoms with E-state index in [0.29, 0.717) is 13.2 Å². The van der Waals surface area contributed by atoms with Crippen molar-refractivity contribution in [3.8, 4) is 0 Å². The van der Waals surface area contributed by atoms with Gasteiger partial charge < -0.3 is 19.7 Å². The Labute approximate surface area is 83.2 Å². The fourth-order valence-electron chi connectivity index (χ4n) is 1.76. The summed E-state index contributed by atoms with van der Waals surface area (Å²) in [5.41, 5.74) is 0. The number of morpholine rings is 1. The van der Waals surface area contributed by atoms with Crippen LogP contribution in [0.2, 0.25) is 0 Å². The summed E-state index contributed by atoms with van der Waals surface area (Å²) in [6.07, 6.45) is 0.387. The van der Waals surface area contributed by atoms with Gasteiger partial charge in [0.2, 0.25) is 0 Å². The van der Waals surface area contributed by atoms with Gasteiger partial charge in [-0.2, -0.15) is 0 Å². The molecule has 2 unspecified atom stereocenters. The highest BCUT2D eigenvalue weighted by Crippen LogP contribution is 2.16. The van der Waals surface area contributed by atoms with Crippen LogP contribution in [0.4, 0.5) is 0 Å². The predicted octanol–water partition coefficient (Wildman–Crippen LogP) is -0.410. The lowest BCUT2D eigenvalue weighted by atomic mass is 10.2. The molecule has 2 atom stereocenters. The van der Waals surface area contributed by atoms with Crippen molar-refractivity contribution in [2.45, 2.75) is 12.2 Å². The van der Waals surface area contributed by atoms with E-state index in [1.165, 1.54) is 0 Å². The van der Waals surface area contributed by atoms with Crippen molar-refractivity contribution in [1.29, 1.82) is 0 Å². The third-order valence-electron chi connectivity index (χ3n) is 2.34. The minimum atomic E-state index is 0.193. The van der Waals surface area contributed by atoms with Crippen LogP contribution in [0.15, 0.2) is 0 Å². The van der Waals surface area contributed by atoms with E-state index in [2.05, 4.69) is 10.2 Å². The fourth-order valence-corrected chi connectivity index (χ4v) is 1.91. The number of rotatable bonds is 0. The van der Waals surface area contributed by atoms with Crippen molar-refractivity contribution in [1.82, 2.24) is 10.2 Å². The highest BCUT2D eigenvalue weighted by molar-refractivity contribution is 7.80. The van der Waals surface area contributed by atoms with Gasteiger partial charge in [-0.25, -0.2) is 0 Å². The van der Waals surface area contributed by atoms with Crippen LogP contribution in [0, 0.1) is 0 Å². The van der Waals surface area contributed by atoms with E-state index >= 15 is 0 Å². The van der Waals surface area contributed by atoms with Gasteiger partial charge in [-0.05, 0) is 12.2 Å². The molecule has 2 heterocycles. The second kappa shape index (κ2) is 3.77. The number of nitrogens with one attached hydrogen (secondary N) is 1. The first-order chi connectivity index (χ1) is 6.29. The summed E-state index contributed by atoms with van der Waals surface area (Å²) in [4.78, 5) is 2.15. The average Bonchev–Trinajstić information content (AvgIpc) is 2.16. The van der Waals surface area contributed by atoms with E-state index in [0.717, 1.165) is 18.2 Å². The normalized spacial score (nSPS) is 32.8. The zero-order chi connectivity index (χ0) is 9.26. The standard InChI is InChI=1S/C8H14N2O2S/c1-9-8(13)10-2-6-4-11-5-7(3-10)12-6/h6-7H,2-5H2,1H3,(H,9,13). The third-order valence-corrected chi connectivity index (χ3v) is 2.80. The Hall–Kier alpha value is -0.390. The van der Waals surface area contributed by atoms with Crippen molar-refractivity contribution in [2.75, 3.05) is 33.4 Å². The van der Waals surface area contributed by atoms with Crippen molar-refractivity contribution in [2.24, 2.45) is 0 Å². The third kappa shape index (κ3) is 1.92. The molecule has 74 valence electrons. The van der Waals surface area contributed by atoms with E-state index in [1.807, 2.05) is 7.05 Å². The Kier molecular flexibility index (Phi) is 2.66. The first-order valence-electron chi connectivity index (χ1n) is 4.49. The Balaban J connectivity index is 1.97. The van der Waals surface area contributed by atoms with Crippen molar-refractivity contribution in [3.63, 3.8) is 0 Å². The van der Waals surface area contributed by atoms with Gasteiger partial charge >= 0.3 is 0 Å². The number of hydrogen-bond donors (Lipinski definition) is 1. The zero-order valence-corrected chi connectivity index (χ0v) is 8.47. The largest absolute Gasteiger partial charge is 0.376 e. The molecular weight excluding hydrogens is 188 g/mol. The van der Waals surface area contributed by atoms with Crippen LogP contribution in [-0.4, -0.2) is 55.6 Å². The Morgan fingerprint density at radius 3 is 2.54 bits per heavy atom. The van der Waals surface area contributed by atoms with Crippen LogP contribution in [0.1, 0.15) is 0 Å². The van der Waals surface area contributed by atoms with Gasteiger partial charge in [0.15, 0.2) is 5.11 Å². The van der Waals surface area contributed by atoms with Crippen LogP contribution in [-0.2, 0) is 9.47 Å². The molecule has 0 spiro atoms. The maximum absolute atomic E-state index is 5.69. The highest BCUT2D eigenvalue weighted by Gasteiger charge is 2.32. The maximum Gasteiger partial charge on any atom is 0.168 e. The topological polar surface area (TPSA) is 33.7 Å². The molecule has 0 amide bonds. The SMILES string of the molecule is CNC(=S)N1CC2COCC(C1)O2. The summed E-state index contributed by atoms with van der Waals surface area (Å²) < 4.78 is 11.1. The smallest absolute Gasteiger partial charge is 0.168 e. The van der Waals surface area contributed by atoms with E-state index in [-0.39, 0.29) is 12.2 Å². The molecule has 2 aliphatic heterocycles. The molecule has 0 aliphatic carbocycles. The van der Waals surface area contributed by atoms with Gasteiger partial charge in [-0.15, -0.1) is 0 Å². The molecule has 2 aliphatic rings. The molecule has 1 N–H and O–H groups in total. The molecular formula is C8H14N2O2S. The molecule has 5 heteroatoms. The average molecular weight is 202 g/mol. The van der Waals surface area contributed by atoms with E-state index < -0.39 is 0 Å². The van der Waals surface area contributed by atoms with Crippen LogP contribution < -0.4 is 5.32 Å². The lowest BCUT2D eigenvalue weighted by molar-refractivity contribution is -0.168. The van der Waals surface area contributed by atoms with E-state index in [9.17, 15) is 0 Å². The Bertz CT molecular complexity index is 200. The molecule has 2 saturated heterocycles. The molecule has 2 fully saturated rings. The maximum atomic E-state index is 5.69. The number of nitrogens with zero attached hydrogens (tertiary/aromatic N) is 1. The Morgan fingerprint density at radius 1 is 1.38 bits per heavy atom. The lowest BCUT2D eigenvalue weighted by Crippen LogP contribution is -2.57. The first kappa shape index (κ1) is 9.18. The van der Waals surface area contributed by atoms with Gasteiger partial charge in [0.05, 0.1) is 25.4 Å². The second-order valence-electron chi connectivity index (χ2n) is 3.38. The predicted molar refractivity (Wildman–Crippen MR) is 52.7 cm³/mol. The summed E-state index contributed by atoms with van der Waals surface area (Å²) in [7, 11) is 1.85. The van der Waals surface area contributed by atoms with Crippen molar-refractivity contribution < 1.29 is 9.47 Å². The number of fused-ring (bicyclic) bond motifs is 2. The first-order valence-corrected chi connectivity index (χ1v) is 4.90. The number of ether oxygens (including phenoxy) is 2. The van der Waals surface area contributed by atoms with Crippen LogP contribution in [0.25, 0.3) is 0 Å². The van der Waals surface area contributed by atoms with Crippen LogP contribution >= 0.6 is 12.2 Å². The van der Waals surface area contributed by atoms with Crippen LogP contribution in [0.3, 0.4) is 0 Å². The summed E-state index contributed by atoms with van der Waals surface area (Å²) in [5, 5.41) is 3.79. The molecule has 0 aromatic heterocycles. The van der Waals surface area contributed by atoms with E-state index in [1.54, 1.807) is 0 Å². The van der Waals surface area contributed by atoms with Gasteiger partial charge in [-0.3, -0.25) is 0 Å². The molecule has 0 radical (unpaired) electrons. The van der Waals surface area contributed by atoms with E-state index in [4.69, 9.17) is 21.7 Å². The van der Waals surface area contributed by atoms with Gasteiger partial charge in [0.25, 0.3) is 0 Å². The molecule has 2 rings (SSSR count). The molecule has 0 aromatic carbocycles. The second-order valence-corrected chi connectivity index (χ2v) is 3.76. The molecule has 13 heavy (non-hydrogen) atoms. The van der Waals surface area contributed by atoms with Gasteiger partial charge in [0.1, 0.15) is 0 Å². The molecule has 0 aromatic rings. The number of thiocarbonyl (C=S) groups is 1. The molecule has 2 bridgehead atoms. The lowest BCUT2D eigenvalue weighted by Gasteiger charge is -2.42. The summed E-state index contributed by atoms with van der Waals surface area (Å²) >= 11 is 5.17. The fraction of sp³-hybridized carbons (Fsp3) is 0.875. The quantitative estimate of drug-likeness (QED) is 0.540. The molecule has 4 nitrogen and oxygen atoms in total. The van der Waals surface area contributed by atoms with Gasteiger partial charge in [0, 0.05) is 20.1 Å². The molecule has 0 saturated carbocycles. The summed E-state index contributed by atoms with van der Waals surface area (Å²) in [5.74, 6) is 0. The summed E-state index contributed by atoms with van der Waals surface area (Å²) in [6, 6.07) is 0. The van der Waals surface area contributed by atoms with Gasteiger partial charge in [-0.1, -0.05) is 0 Å². The number of hydrogen-bond acceptors (Lipinski definition) is 3.